The Bertz CT molecular complexity index is 1240. The third-order valence-corrected chi connectivity index (χ3v) is 5.27. The number of hydrogen-bond acceptors (Lipinski definition) is 5. The summed E-state index contributed by atoms with van der Waals surface area (Å²) in [7, 11) is 1.61. The number of methoxy groups -OCH3 is 1. The van der Waals surface area contributed by atoms with Crippen LogP contribution < -0.4 is 10.5 Å². The van der Waals surface area contributed by atoms with Crippen LogP contribution in [0.25, 0.3) is 22.0 Å². The zero-order valence-corrected chi connectivity index (χ0v) is 17.4. The van der Waals surface area contributed by atoms with Crippen molar-refractivity contribution in [3.8, 4) is 16.9 Å². The normalized spacial score (nSPS) is 12.0. The van der Waals surface area contributed by atoms with Crippen molar-refractivity contribution in [3.63, 3.8) is 0 Å². The standard InChI is InChI=1S/C25H23N3O3/c1-15-3-4-16(14-27-15)11-24(29)18-7-10-20-21(17-5-8-19(31-2)9-6-17)13-23(25(26)30)28-22(20)12-18/h3-10,12-14,24,29H,11H2,1-2H3,(H2,26,30). The number of hydrogen-bond donors (Lipinski definition) is 2. The summed E-state index contributed by atoms with van der Waals surface area (Å²) in [5, 5.41) is 11.6. The Balaban J connectivity index is 1.75. The molecular formula is C25H23N3O3. The van der Waals surface area contributed by atoms with E-state index in [-0.39, 0.29) is 5.69 Å². The lowest BCUT2D eigenvalue weighted by Gasteiger charge is -2.14. The predicted octanol–water partition coefficient (Wildman–Crippen LogP) is 3.99. The maximum atomic E-state index is 11.9. The highest BCUT2D eigenvalue weighted by Gasteiger charge is 2.15. The van der Waals surface area contributed by atoms with Crippen LogP contribution in [0.15, 0.2) is 66.9 Å². The number of benzene rings is 2. The second-order valence-corrected chi connectivity index (χ2v) is 7.45. The summed E-state index contributed by atoms with van der Waals surface area (Å²) in [6.45, 7) is 1.92. The fraction of sp³-hybridized carbons (Fsp3) is 0.160. The number of nitrogens with two attached hydrogens (primary N) is 1. The number of aliphatic hydroxyl groups is 1. The highest BCUT2D eigenvalue weighted by atomic mass is 16.5. The third kappa shape index (κ3) is 4.39. The summed E-state index contributed by atoms with van der Waals surface area (Å²) < 4.78 is 5.23. The van der Waals surface area contributed by atoms with E-state index in [9.17, 15) is 9.90 Å². The van der Waals surface area contributed by atoms with Gasteiger partial charge in [-0.05, 0) is 59.5 Å². The van der Waals surface area contributed by atoms with Gasteiger partial charge in [0.15, 0.2) is 0 Å². The number of carbonyl (C=O) groups excluding carboxylic acids is 1. The van der Waals surface area contributed by atoms with Crippen LogP contribution in [0, 0.1) is 6.92 Å². The van der Waals surface area contributed by atoms with Gasteiger partial charge in [-0.25, -0.2) is 4.98 Å². The Kier molecular flexibility index (Phi) is 5.64. The second-order valence-electron chi connectivity index (χ2n) is 7.45. The molecule has 1 atom stereocenters. The zero-order valence-electron chi connectivity index (χ0n) is 17.4. The van der Waals surface area contributed by atoms with E-state index in [2.05, 4.69) is 9.97 Å². The number of fused-ring (bicyclic) bond motifs is 1. The SMILES string of the molecule is COc1ccc(-c2cc(C(N)=O)nc3cc(C(O)Cc4ccc(C)nc4)ccc23)cc1. The lowest BCUT2D eigenvalue weighted by molar-refractivity contribution is 0.0996. The van der Waals surface area contributed by atoms with Crippen LogP contribution in [0.3, 0.4) is 0 Å². The fourth-order valence-corrected chi connectivity index (χ4v) is 3.55. The summed E-state index contributed by atoms with van der Waals surface area (Å²) in [5.74, 6) is 0.140. The van der Waals surface area contributed by atoms with E-state index in [0.717, 1.165) is 33.5 Å². The van der Waals surface area contributed by atoms with Gasteiger partial charge < -0.3 is 15.6 Å². The van der Waals surface area contributed by atoms with Gasteiger partial charge in [0, 0.05) is 23.7 Å². The molecule has 2 heterocycles. The summed E-state index contributed by atoms with van der Waals surface area (Å²) in [5.41, 5.74) is 10.6. The molecule has 6 heteroatoms. The molecule has 3 N–H and O–H groups in total. The molecule has 0 saturated carbocycles. The average molecular weight is 413 g/mol. The van der Waals surface area contributed by atoms with Crippen molar-refractivity contribution >= 4 is 16.8 Å². The Morgan fingerprint density at radius 3 is 2.52 bits per heavy atom. The van der Waals surface area contributed by atoms with E-state index < -0.39 is 12.0 Å². The average Bonchev–Trinajstić information content (AvgIpc) is 2.79. The van der Waals surface area contributed by atoms with Gasteiger partial charge in [0.1, 0.15) is 11.4 Å². The van der Waals surface area contributed by atoms with Gasteiger partial charge in [-0.2, -0.15) is 0 Å². The predicted molar refractivity (Wildman–Crippen MR) is 120 cm³/mol. The van der Waals surface area contributed by atoms with Crippen molar-refractivity contribution in [2.24, 2.45) is 5.73 Å². The van der Waals surface area contributed by atoms with Crippen LogP contribution >= 0.6 is 0 Å². The van der Waals surface area contributed by atoms with E-state index in [0.29, 0.717) is 17.5 Å². The van der Waals surface area contributed by atoms with Crippen LogP contribution in [0.2, 0.25) is 0 Å². The maximum Gasteiger partial charge on any atom is 0.267 e. The molecule has 4 aromatic rings. The molecule has 0 aliphatic rings. The quantitative estimate of drug-likeness (QED) is 0.498. The number of amides is 1. The van der Waals surface area contributed by atoms with E-state index in [4.69, 9.17) is 10.5 Å². The molecule has 0 bridgehead atoms. The van der Waals surface area contributed by atoms with E-state index >= 15 is 0 Å². The minimum absolute atomic E-state index is 0.174. The first kappa shape index (κ1) is 20.5. The molecule has 156 valence electrons. The number of carbonyl (C=O) groups is 1. The summed E-state index contributed by atoms with van der Waals surface area (Å²) in [4.78, 5) is 20.6. The summed E-state index contributed by atoms with van der Waals surface area (Å²) in [6, 6.07) is 18.7. The van der Waals surface area contributed by atoms with E-state index in [1.807, 2.05) is 55.5 Å². The van der Waals surface area contributed by atoms with Crippen molar-refractivity contribution in [2.75, 3.05) is 7.11 Å². The molecule has 0 spiro atoms. The molecule has 31 heavy (non-hydrogen) atoms. The fourth-order valence-electron chi connectivity index (χ4n) is 3.55. The Hall–Kier alpha value is -3.77. The number of rotatable bonds is 6. The number of ether oxygens (including phenoxy) is 1. The highest BCUT2D eigenvalue weighted by Crippen LogP contribution is 2.32. The van der Waals surface area contributed by atoms with Gasteiger partial charge in [-0.15, -0.1) is 0 Å². The molecule has 2 aromatic heterocycles. The third-order valence-electron chi connectivity index (χ3n) is 5.27. The monoisotopic (exact) mass is 413 g/mol. The van der Waals surface area contributed by atoms with Crippen LogP contribution in [-0.2, 0) is 6.42 Å². The highest BCUT2D eigenvalue weighted by molar-refractivity contribution is 6.01. The van der Waals surface area contributed by atoms with E-state index in [1.165, 1.54) is 0 Å². The van der Waals surface area contributed by atoms with Gasteiger partial charge in [-0.3, -0.25) is 9.78 Å². The second kappa shape index (κ2) is 8.53. The van der Waals surface area contributed by atoms with Crippen LogP contribution in [0.1, 0.15) is 33.4 Å². The summed E-state index contributed by atoms with van der Waals surface area (Å²) >= 11 is 0. The number of aromatic nitrogens is 2. The first-order chi connectivity index (χ1) is 14.9. The molecular weight excluding hydrogens is 390 g/mol. The number of primary amides is 1. The van der Waals surface area contributed by atoms with Crippen molar-refractivity contribution in [1.29, 1.82) is 0 Å². The van der Waals surface area contributed by atoms with Crippen molar-refractivity contribution < 1.29 is 14.6 Å². The molecule has 0 radical (unpaired) electrons. The Morgan fingerprint density at radius 2 is 1.87 bits per heavy atom. The van der Waals surface area contributed by atoms with Gasteiger partial charge in [0.05, 0.1) is 18.7 Å². The molecule has 0 saturated heterocycles. The van der Waals surface area contributed by atoms with Gasteiger partial charge >= 0.3 is 0 Å². The number of aryl methyl sites for hydroxylation is 1. The van der Waals surface area contributed by atoms with Crippen LogP contribution in [0.5, 0.6) is 5.75 Å². The van der Waals surface area contributed by atoms with E-state index in [1.54, 1.807) is 25.4 Å². The first-order valence-corrected chi connectivity index (χ1v) is 9.93. The minimum atomic E-state index is -0.725. The van der Waals surface area contributed by atoms with Crippen molar-refractivity contribution in [1.82, 2.24) is 9.97 Å². The lowest BCUT2D eigenvalue weighted by Crippen LogP contribution is -2.13. The first-order valence-electron chi connectivity index (χ1n) is 9.93. The van der Waals surface area contributed by atoms with Crippen LogP contribution in [0.4, 0.5) is 0 Å². The van der Waals surface area contributed by atoms with Gasteiger partial charge in [0.25, 0.3) is 5.91 Å². The smallest absolute Gasteiger partial charge is 0.267 e. The zero-order chi connectivity index (χ0) is 22.0. The molecule has 6 nitrogen and oxygen atoms in total. The topological polar surface area (TPSA) is 98.3 Å². The molecule has 0 aliphatic carbocycles. The van der Waals surface area contributed by atoms with Gasteiger partial charge in [0.2, 0.25) is 0 Å². The molecule has 1 unspecified atom stereocenters. The number of nitrogens with zero attached hydrogens (tertiary/aromatic N) is 2. The Morgan fingerprint density at radius 1 is 1.10 bits per heavy atom. The molecule has 1 amide bonds. The Labute approximate surface area is 180 Å². The minimum Gasteiger partial charge on any atom is -0.497 e. The molecule has 4 rings (SSSR count). The van der Waals surface area contributed by atoms with Gasteiger partial charge in [-0.1, -0.05) is 30.3 Å². The van der Waals surface area contributed by atoms with Crippen LogP contribution in [-0.4, -0.2) is 28.1 Å². The number of pyridine rings is 2. The molecule has 0 fully saturated rings. The summed E-state index contributed by atoms with van der Waals surface area (Å²) in [6.07, 6.45) is 1.47. The van der Waals surface area contributed by atoms with Crippen molar-refractivity contribution in [2.45, 2.75) is 19.4 Å². The maximum absolute atomic E-state index is 11.9. The molecule has 2 aromatic carbocycles. The molecule has 0 aliphatic heterocycles. The lowest BCUT2D eigenvalue weighted by atomic mass is 9.96. The largest absolute Gasteiger partial charge is 0.497 e. The number of aliphatic hydroxyl groups excluding tert-OH is 1. The van der Waals surface area contributed by atoms with Crippen molar-refractivity contribution in [3.05, 3.63) is 89.4 Å².